The van der Waals surface area contributed by atoms with Crippen molar-refractivity contribution in [3.05, 3.63) is 289 Å². The van der Waals surface area contributed by atoms with Gasteiger partial charge in [0.05, 0.1) is 104 Å². The van der Waals surface area contributed by atoms with E-state index in [0.29, 0.717) is 41.8 Å². The maximum Gasteiger partial charge on any atom is 0.224 e. The number of rotatable bonds is 23. The Morgan fingerprint density at radius 2 is 0.755 bits per heavy atom. The van der Waals surface area contributed by atoms with Gasteiger partial charge in [-0.25, -0.2) is 19.9 Å². The van der Waals surface area contributed by atoms with E-state index < -0.39 is 0 Å². The fraction of sp³-hybridized carbons (Fsp3) is 0.178. The standard InChI is InChI=1S/C27H23N7OS.C26H21N7.C25H19N7OS.C25H25N7.4CH4/c1-15(2)7-24(35)30-19-8-18(10-28-11-19)16-3-4-22-20(9-16)26(34-33-22)27-31-23-13-29-12-21(25(23)32-27)17-5-6-36-14-17;1-2-4-17(5-3-1)12-28-13-18-10-20(15-29-14-18)19-6-7-22-21(11-19)25(33-32-22)26-30-23-8-9-27-16-24(23)31-26;1-2-22(33)28-17-7-16(9-26-10-17)14-3-4-20-18(8-14)24(32-31-20)25-29-21-12-27-11-19(23(21)30-25)15-5-6-34-13-15;1-2-4-16(3-1)11-27-12-17-9-19(14-28-13-17)18-5-6-21-20(10-18)24(32-31-21)25-29-22-7-8-26-15-23(22)30-25;;;;/h3-6,8-15H,7H2,1-2H3,(H,30,35)(H,31,32)(H,33,34);1-11,14-16,28H,12-13H2,(H,30,31)(H,32,33);3-13H,2H2,1H3,(H,28,33)(H,29,30)(H,31,32);5-10,13-16,27H,1-4,11-12H2,(H,29,30)(H,31,32);4*1H4. The Balaban J connectivity index is 0.000000127. The summed E-state index contributed by atoms with van der Waals surface area (Å²) in [7, 11) is 0. The predicted octanol–water partition coefficient (Wildman–Crippen LogP) is 24.2. The summed E-state index contributed by atoms with van der Waals surface area (Å²) in [4.78, 5) is 91.3. The van der Waals surface area contributed by atoms with Crippen LogP contribution in [0.4, 0.5) is 11.4 Å². The second kappa shape index (κ2) is 42.5. The van der Waals surface area contributed by atoms with Crippen molar-refractivity contribution < 1.29 is 9.59 Å². The van der Waals surface area contributed by atoms with Gasteiger partial charge in [0.15, 0.2) is 23.3 Å². The number of benzene rings is 5. The predicted molar refractivity (Wildman–Crippen MR) is 560 cm³/mol. The molecule has 1 saturated carbocycles. The zero-order chi connectivity index (χ0) is 91.1. The molecule has 18 heterocycles. The number of nitrogens with one attached hydrogen (secondary N) is 12. The molecule has 30 nitrogen and oxygen atoms in total. The Morgan fingerprint density at radius 3 is 1.17 bits per heavy atom. The monoisotopic (exact) mass is 1880 g/mol. The molecule has 696 valence electrons. The van der Waals surface area contributed by atoms with Crippen LogP contribution in [0.2, 0.25) is 0 Å². The van der Waals surface area contributed by atoms with E-state index >= 15 is 0 Å². The first kappa shape index (κ1) is 94.1. The number of fused-ring (bicyclic) bond motifs is 8. The van der Waals surface area contributed by atoms with E-state index in [-0.39, 0.29) is 41.5 Å². The van der Waals surface area contributed by atoms with Crippen molar-refractivity contribution in [1.29, 1.82) is 0 Å². The largest absolute Gasteiger partial charge is 0.335 e. The maximum atomic E-state index is 12.2. The zero-order valence-electron chi connectivity index (χ0n) is 73.5. The van der Waals surface area contributed by atoms with Gasteiger partial charge in [-0.2, -0.15) is 43.1 Å². The van der Waals surface area contributed by atoms with Crippen LogP contribution >= 0.6 is 22.7 Å². The van der Waals surface area contributed by atoms with Crippen LogP contribution < -0.4 is 21.3 Å². The smallest absolute Gasteiger partial charge is 0.224 e. The molecule has 0 aliphatic heterocycles. The van der Waals surface area contributed by atoms with Crippen molar-refractivity contribution in [2.75, 3.05) is 17.2 Å². The van der Waals surface area contributed by atoms with Crippen molar-refractivity contribution in [2.24, 2.45) is 11.8 Å². The molecule has 0 radical (unpaired) electrons. The Labute approximate surface area is 808 Å². The van der Waals surface area contributed by atoms with Crippen LogP contribution in [0.1, 0.15) is 106 Å². The molecule has 0 atom stereocenters. The van der Waals surface area contributed by atoms with Gasteiger partial charge in [0, 0.05) is 149 Å². The molecular formula is C107H104N28O2S2. The van der Waals surface area contributed by atoms with Crippen molar-refractivity contribution in [1.82, 2.24) is 131 Å². The van der Waals surface area contributed by atoms with Gasteiger partial charge >= 0.3 is 0 Å². The third kappa shape index (κ3) is 20.8. The molecule has 2 amide bonds. The topological polar surface area (TPSA) is 415 Å². The second-order valence-electron chi connectivity index (χ2n) is 33.7. The number of carbonyl (C=O) groups is 2. The summed E-state index contributed by atoms with van der Waals surface area (Å²) in [5.41, 5.74) is 31.0. The van der Waals surface area contributed by atoms with Gasteiger partial charge in [-0.15, -0.1) is 0 Å². The molecule has 18 aromatic heterocycles. The lowest BCUT2D eigenvalue weighted by Gasteiger charge is -2.11. The van der Waals surface area contributed by atoms with E-state index in [1.165, 1.54) is 36.8 Å². The highest BCUT2D eigenvalue weighted by molar-refractivity contribution is 7.08. The molecule has 5 aromatic carbocycles. The number of pyridine rings is 8. The van der Waals surface area contributed by atoms with Crippen molar-refractivity contribution in [2.45, 2.75) is 109 Å². The number of nitrogens with zero attached hydrogens (tertiary/aromatic N) is 16. The molecule has 32 heteroatoms. The van der Waals surface area contributed by atoms with Crippen LogP contribution in [0.15, 0.2) is 272 Å². The number of carbonyl (C=O) groups excluding carboxylic acids is 2. The fourth-order valence-corrected chi connectivity index (χ4v) is 18.3. The zero-order valence-corrected chi connectivity index (χ0v) is 75.1. The lowest BCUT2D eigenvalue weighted by molar-refractivity contribution is -0.117. The molecule has 0 unspecified atom stereocenters. The first-order valence-electron chi connectivity index (χ1n) is 44.5. The summed E-state index contributed by atoms with van der Waals surface area (Å²) < 4.78 is 0. The van der Waals surface area contributed by atoms with E-state index in [4.69, 9.17) is 9.97 Å². The molecule has 0 saturated heterocycles. The molecule has 0 spiro atoms. The maximum absolute atomic E-state index is 12.2. The fourth-order valence-electron chi connectivity index (χ4n) is 17.0. The summed E-state index contributed by atoms with van der Waals surface area (Å²) in [6.07, 6.45) is 35.2. The van der Waals surface area contributed by atoms with E-state index in [0.717, 1.165) is 227 Å². The van der Waals surface area contributed by atoms with Gasteiger partial charge in [0.2, 0.25) is 11.8 Å². The third-order valence-corrected chi connectivity index (χ3v) is 25.2. The van der Waals surface area contributed by atoms with Crippen LogP contribution in [0.5, 0.6) is 0 Å². The number of H-pyrrole nitrogens is 8. The van der Waals surface area contributed by atoms with Gasteiger partial charge < -0.3 is 41.2 Å². The average Bonchev–Trinajstić information content (AvgIpc) is 1.62. The first-order valence-corrected chi connectivity index (χ1v) is 46.4. The van der Waals surface area contributed by atoms with Crippen LogP contribution in [-0.2, 0) is 29.2 Å². The number of hydrogen-bond donors (Lipinski definition) is 12. The Hall–Kier alpha value is -16.7. The average molecular weight is 1880 g/mol. The molecular weight excluding hydrogens is 1770 g/mol. The van der Waals surface area contributed by atoms with Crippen LogP contribution in [0, 0.1) is 11.8 Å². The molecule has 12 N–H and O–H groups in total. The van der Waals surface area contributed by atoms with Crippen LogP contribution in [0.25, 0.3) is 201 Å². The number of aromatic nitrogens is 24. The number of amides is 2. The normalized spacial score (nSPS) is 11.8. The molecule has 24 rings (SSSR count). The van der Waals surface area contributed by atoms with E-state index in [1.54, 1.807) is 84.6 Å². The highest BCUT2D eigenvalue weighted by Gasteiger charge is 2.23. The Morgan fingerprint density at radius 1 is 0.367 bits per heavy atom. The highest BCUT2D eigenvalue weighted by atomic mass is 32.1. The first-order chi connectivity index (χ1) is 66.4. The number of aromatic amines is 8. The number of hydrogen-bond acceptors (Lipinski definition) is 22. The summed E-state index contributed by atoms with van der Waals surface area (Å²) in [5.74, 6) is 3.86. The molecule has 139 heavy (non-hydrogen) atoms. The van der Waals surface area contributed by atoms with Gasteiger partial charge in [-0.05, 0) is 200 Å². The minimum absolute atomic E-state index is 0. The third-order valence-electron chi connectivity index (χ3n) is 23.8. The van der Waals surface area contributed by atoms with Crippen molar-refractivity contribution in [3.8, 4) is 113 Å². The van der Waals surface area contributed by atoms with Gasteiger partial charge in [0.1, 0.15) is 33.8 Å². The van der Waals surface area contributed by atoms with E-state index in [2.05, 4.69) is 234 Å². The SMILES string of the molecule is C.C.C.C.CC(C)CC(=O)Nc1cncc(-c2ccc3[nH]nc(-c4nc5c(-c6ccsc6)cncc5[nH]4)c3c2)c1.CCC(=O)Nc1cncc(-c2ccc3[nH]nc(-c4nc5c(-c6ccsc6)cncc5[nH]4)c3c2)c1.c1cc2nc(-c3n[nH]c4ccc(-c5cncc(CNCC6CCCC6)c5)cc34)[nH]c2cn1.c1ccc(CNCc2cncc(-c3ccc4[nH]nc(-c5nc6ccncc6[nH]5)c4c3)c2)cc1. The van der Waals surface area contributed by atoms with Gasteiger partial charge in [-0.3, -0.25) is 69.9 Å². The number of anilines is 2. The van der Waals surface area contributed by atoms with Gasteiger partial charge in [0.25, 0.3) is 0 Å². The molecule has 23 aromatic rings. The minimum Gasteiger partial charge on any atom is -0.335 e. The summed E-state index contributed by atoms with van der Waals surface area (Å²) in [6.45, 7) is 9.38. The Kier molecular flexibility index (Phi) is 28.8. The van der Waals surface area contributed by atoms with Crippen molar-refractivity contribution in [3.63, 3.8) is 0 Å². The number of imidazole rings is 4. The van der Waals surface area contributed by atoms with E-state index in [1.807, 2.05) is 129 Å². The lowest BCUT2D eigenvalue weighted by Crippen LogP contribution is -2.20. The number of thiophene rings is 2. The van der Waals surface area contributed by atoms with Crippen LogP contribution in [0.3, 0.4) is 0 Å². The van der Waals surface area contributed by atoms with Crippen LogP contribution in [-0.4, -0.2) is 139 Å². The quantitative estimate of drug-likeness (QED) is 0.0283. The second-order valence-corrected chi connectivity index (χ2v) is 35.2. The summed E-state index contributed by atoms with van der Waals surface area (Å²) >= 11 is 3.29. The molecule has 0 bridgehead atoms. The van der Waals surface area contributed by atoms with Crippen molar-refractivity contribution >= 4 is 134 Å². The minimum atomic E-state index is -0.0484. The lowest BCUT2D eigenvalue weighted by atomic mass is 10.0. The summed E-state index contributed by atoms with van der Waals surface area (Å²) in [5, 5.41) is 55.7. The highest BCUT2D eigenvalue weighted by Crippen LogP contribution is 2.40. The Bertz CT molecular complexity index is 8110. The van der Waals surface area contributed by atoms with Gasteiger partial charge in [-0.1, -0.05) is 118 Å². The summed E-state index contributed by atoms with van der Waals surface area (Å²) in [6, 6.07) is 51.3. The molecule has 1 aliphatic carbocycles. The molecule has 1 aliphatic rings. The van der Waals surface area contributed by atoms with E-state index in [9.17, 15) is 9.59 Å². The molecule has 1 fully saturated rings.